The van der Waals surface area contributed by atoms with Crippen LogP contribution in [0.15, 0.2) is 36.9 Å². The first-order valence-electron chi connectivity index (χ1n) is 4.45. The number of anilines is 1. The summed E-state index contributed by atoms with van der Waals surface area (Å²) in [5.74, 6) is 0.00557. The van der Waals surface area contributed by atoms with E-state index >= 15 is 0 Å². The molecule has 16 heavy (non-hydrogen) atoms. The molecule has 1 N–H and O–H groups in total. The van der Waals surface area contributed by atoms with Gasteiger partial charge in [-0.15, -0.1) is 0 Å². The molecule has 0 saturated carbocycles. The molecule has 0 radical (unpaired) electrons. The van der Waals surface area contributed by atoms with Crippen molar-refractivity contribution in [2.45, 2.75) is 0 Å². The number of rotatable bonds is 2. The van der Waals surface area contributed by atoms with E-state index in [9.17, 15) is 4.79 Å². The number of hydrogen-bond donors (Lipinski definition) is 1. The SMILES string of the molecule is O=C(Nc1cnccn1)c1cccnc1Cl. The summed E-state index contributed by atoms with van der Waals surface area (Å²) in [5.41, 5.74) is 0.301. The molecule has 2 aromatic heterocycles. The summed E-state index contributed by atoms with van der Waals surface area (Å²) < 4.78 is 0. The number of carbonyl (C=O) groups excluding carboxylic acids is 1. The average molecular weight is 235 g/mol. The van der Waals surface area contributed by atoms with Gasteiger partial charge in [0.25, 0.3) is 5.91 Å². The molecule has 0 aliphatic heterocycles. The standard InChI is InChI=1S/C10H7ClN4O/c11-9-7(2-1-3-14-9)10(16)15-8-6-12-4-5-13-8/h1-6H,(H,13,15,16). The van der Waals surface area contributed by atoms with Crippen LogP contribution in [0.3, 0.4) is 0 Å². The van der Waals surface area contributed by atoms with Gasteiger partial charge in [-0.1, -0.05) is 11.6 Å². The van der Waals surface area contributed by atoms with E-state index < -0.39 is 0 Å². The van der Waals surface area contributed by atoms with Crippen LogP contribution in [0.25, 0.3) is 0 Å². The lowest BCUT2D eigenvalue weighted by atomic mass is 10.3. The van der Waals surface area contributed by atoms with Gasteiger partial charge in [0, 0.05) is 18.6 Å². The molecule has 0 bridgehead atoms. The fourth-order valence-corrected chi connectivity index (χ4v) is 1.31. The number of halogens is 1. The van der Waals surface area contributed by atoms with Gasteiger partial charge >= 0.3 is 0 Å². The van der Waals surface area contributed by atoms with E-state index in [4.69, 9.17) is 11.6 Å². The molecule has 5 nitrogen and oxygen atoms in total. The highest BCUT2D eigenvalue weighted by Crippen LogP contribution is 2.12. The van der Waals surface area contributed by atoms with Gasteiger partial charge in [0.15, 0.2) is 5.82 Å². The van der Waals surface area contributed by atoms with Gasteiger partial charge in [-0.25, -0.2) is 9.97 Å². The van der Waals surface area contributed by atoms with Gasteiger partial charge in [-0.2, -0.15) is 0 Å². The van der Waals surface area contributed by atoms with Crippen LogP contribution in [-0.4, -0.2) is 20.9 Å². The molecule has 0 atom stereocenters. The highest BCUT2D eigenvalue weighted by atomic mass is 35.5. The maximum Gasteiger partial charge on any atom is 0.259 e. The van der Waals surface area contributed by atoms with Crippen LogP contribution in [0.5, 0.6) is 0 Å². The van der Waals surface area contributed by atoms with Crippen LogP contribution in [0.4, 0.5) is 5.82 Å². The van der Waals surface area contributed by atoms with E-state index in [1.165, 1.54) is 24.8 Å². The van der Waals surface area contributed by atoms with Crippen molar-refractivity contribution < 1.29 is 4.79 Å². The summed E-state index contributed by atoms with van der Waals surface area (Å²) in [5, 5.41) is 2.72. The Balaban J connectivity index is 2.19. The minimum atomic E-state index is -0.362. The summed E-state index contributed by atoms with van der Waals surface area (Å²) in [6, 6.07) is 3.22. The normalized spacial score (nSPS) is 9.81. The third-order valence-corrected chi connectivity index (χ3v) is 2.11. The predicted molar refractivity (Wildman–Crippen MR) is 59.2 cm³/mol. The number of amides is 1. The molecule has 1 amide bonds. The second-order valence-electron chi connectivity index (χ2n) is 2.89. The number of hydrogen-bond acceptors (Lipinski definition) is 4. The Bertz CT molecular complexity index is 503. The Hall–Kier alpha value is -2.01. The Morgan fingerprint density at radius 1 is 1.25 bits per heavy atom. The van der Waals surface area contributed by atoms with Gasteiger partial charge in [-0.3, -0.25) is 9.78 Å². The van der Waals surface area contributed by atoms with E-state index in [0.29, 0.717) is 11.4 Å². The highest BCUT2D eigenvalue weighted by Gasteiger charge is 2.10. The zero-order valence-corrected chi connectivity index (χ0v) is 8.85. The molecule has 2 aromatic rings. The summed E-state index contributed by atoms with van der Waals surface area (Å²) in [4.78, 5) is 23.3. The highest BCUT2D eigenvalue weighted by molar-refractivity contribution is 6.33. The molecule has 0 unspecified atom stereocenters. The number of pyridine rings is 1. The smallest absolute Gasteiger partial charge is 0.259 e. The maximum atomic E-state index is 11.7. The van der Waals surface area contributed by atoms with Gasteiger partial charge in [0.1, 0.15) is 5.15 Å². The monoisotopic (exact) mass is 234 g/mol. The molecular weight excluding hydrogens is 228 g/mol. The van der Waals surface area contributed by atoms with Crippen molar-refractivity contribution in [3.8, 4) is 0 Å². The Morgan fingerprint density at radius 2 is 2.12 bits per heavy atom. The van der Waals surface area contributed by atoms with Crippen molar-refractivity contribution in [2.24, 2.45) is 0 Å². The third kappa shape index (κ3) is 2.32. The first-order valence-corrected chi connectivity index (χ1v) is 4.83. The van der Waals surface area contributed by atoms with Gasteiger partial charge in [0.2, 0.25) is 0 Å². The zero-order valence-electron chi connectivity index (χ0n) is 8.09. The van der Waals surface area contributed by atoms with E-state index in [1.54, 1.807) is 12.1 Å². The summed E-state index contributed by atoms with van der Waals surface area (Å²) in [6.07, 6.45) is 5.97. The second-order valence-corrected chi connectivity index (χ2v) is 3.24. The first kappa shape index (κ1) is 10.5. The lowest BCUT2D eigenvalue weighted by molar-refractivity contribution is 0.102. The number of nitrogens with zero attached hydrogens (tertiary/aromatic N) is 3. The van der Waals surface area contributed by atoms with Gasteiger partial charge < -0.3 is 5.32 Å². The van der Waals surface area contributed by atoms with E-state index in [1.807, 2.05) is 0 Å². The minimum absolute atomic E-state index is 0.156. The predicted octanol–water partition coefficient (Wildman–Crippen LogP) is 1.78. The molecule has 0 aromatic carbocycles. The van der Waals surface area contributed by atoms with Crippen LogP contribution >= 0.6 is 11.6 Å². The van der Waals surface area contributed by atoms with Gasteiger partial charge in [-0.05, 0) is 12.1 Å². The van der Waals surface area contributed by atoms with Crippen molar-refractivity contribution >= 4 is 23.3 Å². The molecule has 0 fully saturated rings. The molecule has 2 heterocycles. The third-order valence-electron chi connectivity index (χ3n) is 1.81. The Morgan fingerprint density at radius 3 is 2.81 bits per heavy atom. The molecule has 0 aliphatic rings. The van der Waals surface area contributed by atoms with Crippen LogP contribution in [-0.2, 0) is 0 Å². The van der Waals surface area contributed by atoms with Crippen LogP contribution in [0.2, 0.25) is 5.15 Å². The molecule has 2 rings (SSSR count). The average Bonchev–Trinajstić information content (AvgIpc) is 2.31. The van der Waals surface area contributed by atoms with Crippen LogP contribution in [0, 0.1) is 0 Å². The molecule has 6 heteroatoms. The first-order chi connectivity index (χ1) is 7.77. The van der Waals surface area contributed by atoms with Crippen LogP contribution < -0.4 is 5.32 Å². The molecule has 0 saturated heterocycles. The van der Waals surface area contributed by atoms with Crippen molar-refractivity contribution in [3.05, 3.63) is 47.6 Å². The van der Waals surface area contributed by atoms with Crippen molar-refractivity contribution in [1.82, 2.24) is 15.0 Å². The largest absolute Gasteiger partial charge is 0.305 e. The van der Waals surface area contributed by atoms with E-state index in [2.05, 4.69) is 20.3 Å². The summed E-state index contributed by atoms with van der Waals surface area (Å²) in [7, 11) is 0. The van der Waals surface area contributed by atoms with Crippen molar-refractivity contribution in [2.75, 3.05) is 5.32 Å². The lowest BCUT2D eigenvalue weighted by Crippen LogP contribution is -2.13. The topological polar surface area (TPSA) is 67.8 Å². The van der Waals surface area contributed by atoms with Gasteiger partial charge in [0.05, 0.1) is 11.8 Å². The zero-order chi connectivity index (χ0) is 11.4. The fraction of sp³-hybridized carbons (Fsp3) is 0. The van der Waals surface area contributed by atoms with Crippen molar-refractivity contribution in [3.63, 3.8) is 0 Å². The summed E-state index contributed by atoms with van der Waals surface area (Å²) in [6.45, 7) is 0. The molecular formula is C10H7ClN4O. The summed E-state index contributed by atoms with van der Waals surface area (Å²) >= 11 is 5.78. The number of aromatic nitrogens is 3. The molecule has 0 spiro atoms. The number of nitrogens with one attached hydrogen (secondary N) is 1. The molecule has 0 aliphatic carbocycles. The lowest BCUT2D eigenvalue weighted by Gasteiger charge is -2.04. The second kappa shape index (κ2) is 4.67. The minimum Gasteiger partial charge on any atom is -0.305 e. The molecule has 80 valence electrons. The van der Waals surface area contributed by atoms with E-state index in [-0.39, 0.29) is 11.1 Å². The number of carbonyl (C=O) groups is 1. The van der Waals surface area contributed by atoms with E-state index in [0.717, 1.165) is 0 Å². The van der Waals surface area contributed by atoms with Crippen LogP contribution in [0.1, 0.15) is 10.4 Å². The quantitative estimate of drug-likeness (QED) is 0.805. The Labute approximate surface area is 96.5 Å². The van der Waals surface area contributed by atoms with Crippen molar-refractivity contribution in [1.29, 1.82) is 0 Å². The fourth-order valence-electron chi connectivity index (χ4n) is 1.10. The maximum absolute atomic E-state index is 11.7. The Kier molecular flexibility index (Phi) is 3.07.